The van der Waals surface area contributed by atoms with Crippen LogP contribution in [-0.2, 0) is 16.6 Å². The van der Waals surface area contributed by atoms with Crippen LogP contribution in [-0.4, -0.2) is 35.3 Å². The Morgan fingerprint density at radius 2 is 1.96 bits per heavy atom. The number of aromatic nitrogens is 2. The fourth-order valence-corrected chi connectivity index (χ4v) is 2.45. The molecule has 0 aliphatic heterocycles. The highest BCUT2D eigenvalue weighted by Crippen LogP contribution is 2.22. The van der Waals surface area contributed by atoms with Gasteiger partial charge in [-0.1, -0.05) is 18.2 Å². The van der Waals surface area contributed by atoms with Crippen molar-refractivity contribution >= 4 is 17.6 Å². The highest BCUT2D eigenvalue weighted by molar-refractivity contribution is 6.05. The minimum absolute atomic E-state index is 0.132. The summed E-state index contributed by atoms with van der Waals surface area (Å²) in [5, 5.41) is 4.22. The van der Waals surface area contributed by atoms with Crippen molar-refractivity contribution in [3.8, 4) is 0 Å². The number of carbonyl (C=O) groups is 2. The third kappa shape index (κ3) is 3.77. The van der Waals surface area contributed by atoms with Gasteiger partial charge in [0.25, 0.3) is 5.91 Å². The predicted octanol–water partition coefficient (Wildman–Crippen LogP) is 2.25. The van der Waals surface area contributed by atoms with Crippen molar-refractivity contribution in [2.75, 3.05) is 18.6 Å². The zero-order valence-corrected chi connectivity index (χ0v) is 13.9. The van der Waals surface area contributed by atoms with Crippen LogP contribution in [0.15, 0.2) is 30.3 Å². The normalized spacial score (nSPS) is 10.4. The summed E-state index contributed by atoms with van der Waals surface area (Å²) in [6.45, 7) is 4.02. The van der Waals surface area contributed by atoms with Gasteiger partial charge in [0, 0.05) is 19.3 Å². The molecule has 1 aromatic heterocycles. The topological polar surface area (TPSA) is 64.4 Å². The number of anilines is 1. The molecule has 2 aromatic rings. The van der Waals surface area contributed by atoms with Gasteiger partial charge in [0.2, 0.25) is 0 Å². The summed E-state index contributed by atoms with van der Waals surface area (Å²) < 4.78 is 6.24. The molecule has 6 heteroatoms. The highest BCUT2D eigenvalue weighted by Gasteiger charge is 2.23. The van der Waals surface area contributed by atoms with Gasteiger partial charge in [0.15, 0.2) is 0 Å². The van der Waals surface area contributed by atoms with E-state index in [1.54, 1.807) is 22.7 Å². The Morgan fingerprint density at radius 1 is 1.26 bits per heavy atom. The van der Waals surface area contributed by atoms with Crippen LogP contribution in [0.1, 0.15) is 28.2 Å². The Kier molecular flexibility index (Phi) is 5.16. The number of amides is 1. The molecule has 122 valence electrons. The summed E-state index contributed by atoms with van der Waals surface area (Å²) in [7, 11) is 3.07. The lowest BCUT2D eigenvalue weighted by molar-refractivity contribution is -0.140. The van der Waals surface area contributed by atoms with E-state index in [1.165, 1.54) is 7.11 Å². The first-order valence-corrected chi connectivity index (χ1v) is 7.39. The number of hydrogen-bond donors (Lipinski definition) is 0. The molecule has 0 saturated carbocycles. The van der Waals surface area contributed by atoms with Gasteiger partial charge in [-0.05, 0) is 31.5 Å². The number of hydrogen-bond acceptors (Lipinski definition) is 4. The van der Waals surface area contributed by atoms with Crippen molar-refractivity contribution in [3.63, 3.8) is 0 Å². The summed E-state index contributed by atoms with van der Waals surface area (Å²) in [6.07, 6.45) is 0.132. The molecule has 23 heavy (non-hydrogen) atoms. The maximum absolute atomic E-state index is 12.9. The largest absolute Gasteiger partial charge is 0.469 e. The molecule has 1 aromatic carbocycles. The van der Waals surface area contributed by atoms with Crippen LogP contribution in [0.25, 0.3) is 0 Å². The minimum Gasteiger partial charge on any atom is -0.469 e. The number of ether oxygens (including phenoxy) is 1. The molecule has 0 atom stereocenters. The van der Waals surface area contributed by atoms with Crippen molar-refractivity contribution in [1.82, 2.24) is 9.78 Å². The van der Waals surface area contributed by atoms with Gasteiger partial charge in [-0.25, -0.2) is 0 Å². The molecule has 0 N–H and O–H groups in total. The zero-order chi connectivity index (χ0) is 17.0. The van der Waals surface area contributed by atoms with Crippen LogP contribution in [0, 0.1) is 13.8 Å². The molecule has 6 nitrogen and oxygen atoms in total. The predicted molar refractivity (Wildman–Crippen MR) is 87.4 cm³/mol. The van der Waals surface area contributed by atoms with Crippen LogP contribution in [0.3, 0.4) is 0 Å². The van der Waals surface area contributed by atoms with E-state index in [-0.39, 0.29) is 24.8 Å². The van der Waals surface area contributed by atoms with E-state index in [1.807, 2.05) is 38.1 Å². The van der Waals surface area contributed by atoms with Crippen molar-refractivity contribution < 1.29 is 14.3 Å². The van der Waals surface area contributed by atoms with Crippen LogP contribution in [0.4, 0.5) is 5.69 Å². The molecular weight excluding hydrogens is 294 g/mol. The number of nitrogens with zero attached hydrogens (tertiary/aromatic N) is 3. The number of para-hydroxylation sites is 1. The summed E-state index contributed by atoms with van der Waals surface area (Å²) in [4.78, 5) is 26.0. The second-order valence-corrected chi connectivity index (χ2v) is 5.36. The van der Waals surface area contributed by atoms with Gasteiger partial charge in [0.1, 0.15) is 5.69 Å². The van der Waals surface area contributed by atoms with Crippen molar-refractivity contribution in [2.45, 2.75) is 20.3 Å². The van der Waals surface area contributed by atoms with Gasteiger partial charge >= 0.3 is 5.97 Å². The van der Waals surface area contributed by atoms with E-state index >= 15 is 0 Å². The van der Waals surface area contributed by atoms with E-state index in [4.69, 9.17) is 0 Å². The molecule has 0 saturated heterocycles. The van der Waals surface area contributed by atoms with Crippen LogP contribution < -0.4 is 4.90 Å². The number of benzene rings is 1. The Hall–Kier alpha value is -2.63. The molecule has 0 bridgehead atoms. The molecule has 0 spiro atoms. The monoisotopic (exact) mass is 315 g/mol. The number of rotatable bonds is 5. The molecule has 1 amide bonds. The van der Waals surface area contributed by atoms with Crippen LogP contribution in [0.2, 0.25) is 0 Å². The summed E-state index contributed by atoms with van der Waals surface area (Å²) in [6, 6.07) is 9.33. The first-order chi connectivity index (χ1) is 10.9. The zero-order valence-electron chi connectivity index (χ0n) is 13.9. The Morgan fingerprint density at radius 3 is 2.52 bits per heavy atom. The average molecular weight is 315 g/mol. The van der Waals surface area contributed by atoms with E-state index in [0.29, 0.717) is 5.69 Å². The van der Waals surface area contributed by atoms with Crippen molar-refractivity contribution in [2.24, 2.45) is 7.05 Å². The molecular formula is C17H21N3O3. The quantitative estimate of drug-likeness (QED) is 0.794. The Labute approximate surface area is 135 Å². The Balaban J connectivity index is 2.37. The molecule has 0 fully saturated rings. The fraction of sp³-hybridized carbons (Fsp3) is 0.353. The summed E-state index contributed by atoms with van der Waals surface area (Å²) in [5.41, 5.74) is 2.99. The molecule has 0 aliphatic rings. The number of aryl methyl sites for hydroxylation is 3. The maximum Gasteiger partial charge on any atom is 0.307 e. The minimum atomic E-state index is -0.349. The van der Waals surface area contributed by atoms with E-state index in [9.17, 15) is 9.59 Å². The van der Waals surface area contributed by atoms with Crippen LogP contribution in [0.5, 0.6) is 0 Å². The first kappa shape index (κ1) is 16.7. The third-order valence-electron chi connectivity index (χ3n) is 3.64. The second kappa shape index (κ2) is 7.09. The fourth-order valence-electron chi connectivity index (χ4n) is 2.45. The standard InChI is InChI=1S/C17H21N3O3/c1-12-7-5-6-8-14(12)20(10-9-16(21)23-4)17(22)15-11-13(2)18-19(15)3/h5-8,11H,9-10H2,1-4H3. The average Bonchev–Trinajstić information content (AvgIpc) is 2.87. The number of carbonyl (C=O) groups excluding carboxylic acids is 2. The van der Waals surface area contributed by atoms with Crippen LogP contribution >= 0.6 is 0 Å². The Bertz CT molecular complexity index is 722. The molecule has 0 aliphatic carbocycles. The summed E-state index contributed by atoms with van der Waals surface area (Å²) >= 11 is 0. The molecule has 0 radical (unpaired) electrons. The van der Waals surface area contributed by atoms with Crippen molar-refractivity contribution in [1.29, 1.82) is 0 Å². The number of methoxy groups -OCH3 is 1. The molecule has 0 unspecified atom stereocenters. The SMILES string of the molecule is COC(=O)CCN(C(=O)c1cc(C)nn1C)c1ccccc1C. The molecule has 2 rings (SSSR count). The lowest BCUT2D eigenvalue weighted by Gasteiger charge is -2.24. The highest BCUT2D eigenvalue weighted by atomic mass is 16.5. The van der Waals surface area contributed by atoms with Gasteiger partial charge < -0.3 is 9.64 Å². The van der Waals surface area contributed by atoms with E-state index < -0.39 is 0 Å². The van der Waals surface area contributed by atoms with Crippen molar-refractivity contribution in [3.05, 3.63) is 47.3 Å². The smallest absolute Gasteiger partial charge is 0.307 e. The first-order valence-electron chi connectivity index (χ1n) is 7.39. The lowest BCUT2D eigenvalue weighted by Crippen LogP contribution is -2.35. The van der Waals surface area contributed by atoms with Gasteiger partial charge in [-0.15, -0.1) is 0 Å². The van der Waals surface area contributed by atoms with E-state index in [0.717, 1.165) is 16.9 Å². The number of esters is 1. The maximum atomic E-state index is 12.9. The second-order valence-electron chi connectivity index (χ2n) is 5.36. The van der Waals surface area contributed by atoms with Gasteiger partial charge in [-0.3, -0.25) is 14.3 Å². The van der Waals surface area contributed by atoms with E-state index in [2.05, 4.69) is 9.84 Å². The summed E-state index contributed by atoms with van der Waals surface area (Å²) in [5.74, 6) is -0.538. The molecule has 1 heterocycles. The third-order valence-corrected chi connectivity index (χ3v) is 3.64. The lowest BCUT2D eigenvalue weighted by atomic mass is 10.1. The van der Waals surface area contributed by atoms with Gasteiger partial charge in [0.05, 0.1) is 19.2 Å². The van der Waals surface area contributed by atoms with Gasteiger partial charge in [-0.2, -0.15) is 5.10 Å².